The third kappa shape index (κ3) is 1.44. The van der Waals surface area contributed by atoms with Crippen LogP contribution in [0.3, 0.4) is 0 Å². The van der Waals surface area contributed by atoms with Crippen LogP contribution in [0.4, 0.5) is 0 Å². The maximum atomic E-state index is 9.60. The van der Waals surface area contributed by atoms with Gasteiger partial charge in [0.15, 0.2) is 10.8 Å². The SMILES string of the molecule is N#CC1(C#N)C[C@@H](C=C2[C@@H]3CC[C@@H]2c2ccccc23)C1(C#N)C#N. The monoisotopic (exact) mass is 310 g/mol. The van der Waals surface area contributed by atoms with E-state index < -0.39 is 10.8 Å². The number of benzene rings is 1. The number of nitriles is 4. The van der Waals surface area contributed by atoms with Gasteiger partial charge >= 0.3 is 0 Å². The molecule has 3 aliphatic rings. The summed E-state index contributed by atoms with van der Waals surface area (Å²) < 4.78 is 0. The Balaban J connectivity index is 1.75. The first-order valence-electron chi connectivity index (χ1n) is 8.12. The van der Waals surface area contributed by atoms with Gasteiger partial charge in [-0.2, -0.15) is 21.0 Å². The Morgan fingerprint density at radius 1 is 0.875 bits per heavy atom. The standard InChI is InChI=1S/C20H14N4/c21-9-19(10-22)8-13(20(19,11-23)12-24)7-18-16-5-6-17(18)15-4-2-1-3-14(15)16/h1-4,7,13,16-17H,5-6,8H2/t13-,16-,17-/m1/s1. The van der Waals surface area contributed by atoms with Crippen LogP contribution in [-0.4, -0.2) is 0 Å². The molecule has 4 heteroatoms. The molecule has 24 heavy (non-hydrogen) atoms. The number of rotatable bonds is 1. The summed E-state index contributed by atoms with van der Waals surface area (Å²) in [6.45, 7) is 0. The van der Waals surface area contributed by atoms with Crippen LogP contribution < -0.4 is 0 Å². The van der Waals surface area contributed by atoms with Crippen molar-refractivity contribution < 1.29 is 0 Å². The van der Waals surface area contributed by atoms with Gasteiger partial charge in [0.2, 0.25) is 0 Å². The quantitative estimate of drug-likeness (QED) is 0.739. The van der Waals surface area contributed by atoms with Crippen LogP contribution in [0, 0.1) is 62.1 Å². The van der Waals surface area contributed by atoms with Gasteiger partial charge in [0, 0.05) is 17.8 Å². The molecule has 0 saturated heterocycles. The summed E-state index contributed by atoms with van der Waals surface area (Å²) in [5.74, 6) is 0.375. The van der Waals surface area contributed by atoms with Crippen LogP contribution in [0.1, 0.15) is 42.2 Å². The fraction of sp³-hybridized carbons (Fsp3) is 0.400. The molecule has 2 bridgehead atoms. The molecule has 0 heterocycles. The summed E-state index contributed by atoms with van der Waals surface area (Å²) in [6.07, 6.45) is 4.49. The molecule has 3 aliphatic carbocycles. The third-order valence-electron chi connectivity index (χ3n) is 6.18. The van der Waals surface area contributed by atoms with Crippen molar-refractivity contribution in [2.75, 3.05) is 0 Å². The summed E-state index contributed by atoms with van der Waals surface area (Å²) in [5, 5.41) is 37.9. The molecule has 4 rings (SSSR count). The highest BCUT2D eigenvalue weighted by Gasteiger charge is 2.68. The molecule has 0 aliphatic heterocycles. The van der Waals surface area contributed by atoms with Gasteiger partial charge in [-0.3, -0.25) is 0 Å². The predicted octanol–water partition coefficient (Wildman–Crippen LogP) is 3.67. The third-order valence-corrected chi connectivity index (χ3v) is 6.18. The van der Waals surface area contributed by atoms with Gasteiger partial charge in [-0.25, -0.2) is 0 Å². The molecule has 0 N–H and O–H groups in total. The van der Waals surface area contributed by atoms with E-state index in [4.69, 9.17) is 0 Å². The molecule has 2 saturated carbocycles. The van der Waals surface area contributed by atoms with E-state index in [2.05, 4.69) is 12.1 Å². The van der Waals surface area contributed by atoms with Crippen molar-refractivity contribution in [1.29, 1.82) is 21.0 Å². The lowest BCUT2D eigenvalue weighted by Crippen LogP contribution is -2.55. The van der Waals surface area contributed by atoms with E-state index in [-0.39, 0.29) is 12.3 Å². The largest absolute Gasteiger partial charge is 0.196 e. The van der Waals surface area contributed by atoms with Gasteiger partial charge in [0.25, 0.3) is 0 Å². The second-order valence-electron chi connectivity index (χ2n) is 6.95. The molecule has 0 radical (unpaired) electrons. The van der Waals surface area contributed by atoms with Crippen LogP contribution in [0.5, 0.6) is 0 Å². The molecule has 0 spiro atoms. The maximum Gasteiger partial charge on any atom is 0.181 e. The number of fused-ring (bicyclic) bond motifs is 5. The molecule has 0 amide bonds. The minimum Gasteiger partial charge on any atom is -0.196 e. The molecule has 114 valence electrons. The van der Waals surface area contributed by atoms with Crippen molar-refractivity contribution in [3.63, 3.8) is 0 Å². The van der Waals surface area contributed by atoms with Crippen molar-refractivity contribution in [2.24, 2.45) is 16.7 Å². The van der Waals surface area contributed by atoms with Crippen molar-refractivity contribution >= 4 is 0 Å². The fourth-order valence-corrected chi connectivity index (χ4v) is 4.88. The minimum absolute atomic E-state index is 0.264. The van der Waals surface area contributed by atoms with Crippen LogP contribution in [-0.2, 0) is 0 Å². The summed E-state index contributed by atoms with van der Waals surface area (Å²) in [4.78, 5) is 0. The second kappa shape index (κ2) is 4.71. The molecule has 1 aromatic rings. The van der Waals surface area contributed by atoms with Gasteiger partial charge in [-0.15, -0.1) is 0 Å². The van der Waals surface area contributed by atoms with Crippen LogP contribution in [0.2, 0.25) is 0 Å². The number of hydrogen-bond acceptors (Lipinski definition) is 4. The minimum atomic E-state index is -1.56. The Bertz CT molecular complexity index is 867. The molecular weight excluding hydrogens is 296 g/mol. The van der Waals surface area contributed by atoms with Crippen molar-refractivity contribution in [3.05, 3.63) is 47.0 Å². The average molecular weight is 310 g/mol. The van der Waals surface area contributed by atoms with Crippen LogP contribution in [0.25, 0.3) is 0 Å². The van der Waals surface area contributed by atoms with Gasteiger partial charge in [-0.1, -0.05) is 35.9 Å². The van der Waals surface area contributed by atoms with Gasteiger partial charge < -0.3 is 0 Å². The first kappa shape index (κ1) is 14.5. The number of nitrogens with zero attached hydrogens (tertiary/aromatic N) is 4. The summed E-state index contributed by atoms with van der Waals surface area (Å²) >= 11 is 0. The topological polar surface area (TPSA) is 95.2 Å². The number of allylic oxidation sites excluding steroid dienone is 2. The molecule has 0 unspecified atom stereocenters. The molecule has 0 aromatic heterocycles. The Morgan fingerprint density at radius 2 is 1.42 bits per heavy atom. The van der Waals surface area contributed by atoms with E-state index in [0.717, 1.165) is 12.8 Å². The first-order chi connectivity index (χ1) is 11.7. The lowest BCUT2D eigenvalue weighted by atomic mass is 9.45. The summed E-state index contributed by atoms with van der Waals surface area (Å²) in [6, 6.07) is 16.3. The average Bonchev–Trinajstić information content (AvgIpc) is 3.15. The van der Waals surface area contributed by atoms with Crippen molar-refractivity contribution in [1.82, 2.24) is 0 Å². The zero-order chi connectivity index (χ0) is 16.9. The van der Waals surface area contributed by atoms with Crippen molar-refractivity contribution in [3.8, 4) is 24.3 Å². The van der Waals surface area contributed by atoms with Gasteiger partial charge in [-0.05, 0) is 30.4 Å². The Hall–Kier alpha value is -3.08. The van der Waals surface area contributed by atoms with Crippen LogP contribution in [0.15, 0.2) is 35.9 Å². The van der Waals surface area contributed by atoms with E-state index in [1.54, 1.807) is 0 Å². The Labute approximate surface area is 140 Å². The van der Waals surface area contributed by atoms with E-state index in [0.29, 0.717) is 11.8 Å². The predicted molar refractivity (Wildman–Crippen MR) is 84.7 cm³/mol. The Morgan fingerprint density at radius 3 is 1.88 bits per heavy atom. The Kier molecular flexibility index (Phi) is 2.85. The summed E-state index contributed by atoms with van der Waals surface area (Å²) in [7, 11) is 0. The zero-order valence-electron chi connectivity index (χ0n) is 13.0. The van der Waals surface area contributed by atoms with Crippen LogP contribution >= 0.6 is 0 Å². The second-order valence-corrected chi connectivity index (χ2v) is 6.95. The fourth-order valence-electron chi connectivity index (χ4n) is 4.88. The highest BCUT2D eigenvalue weighted by molar-refractivity contribution is 5.54. The van der Waals surface area contributed by atoms with E-state index in [9.17, 15) is 21.0 Å². The van der Waals surface area contributed by atoms with Gasteiger partial charge in [0.1, 0.15) is 0 Å². The highest BCUT2D eigenvalue weighted by Crippen LogP contribution is 2.63. The smallest absolute Gasteiger partial charge is 0.181 e. The normalized spacial score (nSPS) is 30.0. The van der Waals surface area contributed by atoms with E-state index in [1.807, 2.05) is 42.5 Å². The maximum absolute atomic E-state index is 9.60. The molecule has 1 aromatic carbocycles. The highest BCUT2D eigenvalue weighted by atomic mass is 14.7. The van der Waals surface area contributed by atoms with Crippen molar-refractivity contribution in [2.45, 2.75) is 31.1 Å². The summed E-state index contributed by atoms with van der Waals surface area (Å²) in [5.41, 5.74) is 0.914. The lowest BCUT2D eigenvalue weighted by Gasteiger charge is -2.47. The van der Waals surface area contributed by atoms with E-state index in [1.165, 1.54) is 16.7 Å². The lowest BCUT2D eigenvalue weighted by molar-refractivity contribution is 0.0703. The molecular formula is C20H14N4. The first-order valence-corrected chi connectivity index (χ1v) is 8.12. The zero-order valence-corrected chi connectivity index (χ0v) is 13.0. The molecule has 2 fully saturated rings. The molecule has 4 nitrogen and oxygen atoms in total. The van der Waals surface area contributed by atoms with E-state index >= 15 is 0 Å². The number of hydrogen-bond donors (Lipinski definition) is 0. The van der Waals surface area contributed by atoms with Gasteiger partial charge in [0.05, 0.1) is 24.3 Å². The molecule has 3 atom stereocenters.